The molecule has 0 aliphatic carbocycles. The van der Waals surface area contributed by atoms with Gasteiger partial charge in [-0.25, -0.2) is 9.67 Å². The number of alkyl halides is 3. The van der Waals surface area contributed by atoms with E-state index in [4.69, 9.17) is 11.6 Å². The highest BCUT2D eigenvalue weighted by Gasteiger charge is 2.37. The number of hydrogen-bond donors (Lipinski definition) is 0. The van der Waals surface area contributed by atoms with Crippen LogP contribution in [0.5, 0.6) is 0 Å². The monoisotopic (exact) mass is 375 g/mol. The van der Waals surface area contributed by atoms with Gasteiger partial charge in [-0.3, -0.25) is 10.1 Å². The number of nitrogens with zero attached hydrogens (tertiary/aromatic N) is 5. The zero-order chi connectivity index (χ0) is 18.2. The van der Waals surface area contributed by atoms with Gasteiger partial charge in [0.25, 0.3) is 5.69 Å². The fraction of sp³-hybridized carbons (Fsp3) is 0.429. The molecule has 0 radical (unpaired) electrons. The Hall–Kier alpha value is -2.36. The summed E-state index contributed by atoms with van der Waals surface area (Å²) in [7, 11) is 0. The van der Waals surface area contributed by atoms with Crippen LogP contribution in [0.2, 0.25) is 5.02 Å². The summed E-state index contributed by atoms with van der Waals surface area (Å²) in [6.07, 6.45) is -0.455. The maximum Gasteiger partial charge on any atom is 0.418 e. The Bertz CT molecular complexity index is 774. The van der Waals surface area contributed by atoms with Crippen LogP contribution in [-0.2, 0) is 6.18 Å². The highest BCUT2D eigenvalue weighted by atomic mass is 35.5. The van der Waals surface area contributed by atoms with Crippen LogP contribution in [0.1, 0.15) is 24.4 Å². The average Bonchev–Trinajstić information content (AvgIpc) is 3.07. The molecule has 3 rings (SSSR count). The molecule has 25 heavy (non-hydrogen) atoms. The van der Waals surface area contributed by atoms with E-state index >= 15 is 0 Å². The molecular formula is C14H13ClF3N5O2. The van der Waals surface area contributed by atoms with Crippen molar-refractivity contribution in [3.05, 3.63) is 45.5 Å². The summed E-state index contributed by atoms with van der Waals surface area (Å²) in [5.41, 5.74) is -1.71. The van der Waals surface area contributed by atoms with Crippen LogP contribution in [0.3, 0.4) is 0 Å². The van der Waals surface area contributed by atoms with Crippen LogP contribution in [0.15, 0.2) is 24.8 Å². The Morgan fingerprint density at radius 1 is 1.28 bits per heavy atom. The Morgan fingerprint density at radius 2 is 1.96 bits per heavy atom. The van der Waals surface area contributed by atoms with Gasteiger partial charge in [0.2, 0.25) is 0 Å². The number of hydrogen-bond acceptors (Lipinski definition) is 5. The molecule has 0 amide bonds. The van der Waals surface area contributed by atoms with E-state index in [1.807, 2.05) is 0 Å². The SMILES string of the molecule is O=[N+]([O-])c1cc(C(F)(F)F)c(Cl)cc1N1CCC(n2cncn2)CC1. The molecule has 1 fully saturated rings. The topological polar surface area (TPSA) is 77.1 Å². The molecule has 2 heterocycles. The van der Waals surface area contributed by atoms with Crippen molar-refractivity contribution in [1.29, 1.82) is 0 Å². The summed E-state index contributed by atoms with van der Waals surface area (Å²) in [6.45, 7) is 0.875. The minimum atomic E-state index is -4.75. The molecule has 11 heteroatoms. The van der Waals surface area contributed by atoms with Gasteiger partial charge < -0.3 is 4.90 Å². The number of piperidine rings is 1. The van der Waals surface area contributed by atoms with Gasteiger partial charge in [-0.1, -0.05) is 11.6 Å². The smallest absolute Gasteiger partial charge is 0.366 e. The Kier molecular flexibility index (Phi) is 4.55. The number of anilines is 1. The number of nitro benzene ring substituents is 1. The second kappa shape index (κ2) is 6.51. The van der Waals surface area contributed by atoms with E-state index in [1.165, 1.54) is 6.33 Å². The number of nitro groups is 1. The Morgan fingerprint density at radius 3 is 2.48 bits per heavy atom. The van der Waals surface area contributed by atoms with Crippen molar-refractivity contribution in [2.45, 2.75) is 25.1 Å². The first-order valence-electron chi connectivity index (χ1n) is 7.41. The van der Waals surface area contributed by atoms with E-state index in [-0.39, 0.29) is 11.7 Å². The Balaban J connectivity index is 1.87. The Labute approximate surface area is 145 Å². The summed E-state index contributed by atoms with van der Waals surface area (Å²) in [5, 5.41) is 14.8. The van der Waals surface area contributed by atoms with E-state index in [1.54, 1.807) is 15.9 Å². The first-order valence-corrected chi connectivity index (χ1v) is 7.79. The minimum Gasteiger partial charge on any atom is -0.366 e. The number of benzene rings is 1. The van der Waals surface area contributed by atoms with Gasteiger partial charge in [-0.15, -0.1) is 0 Å². The van der Waals surface area contributed by atoms with Crippen LogP contribution in [0.25, 0.3) is 0 Å². The molecule has 2 aromatic rings. The predicted molar refractivity (Wildman–Crippen MR) is 83.6 cm³/mol. The third kappa shape index (κ3) is 3.53. The fourth-order valence-electron chi connectivity index (χ4n) is 2.95. The molecule has 1 aliphatic heterocycles. The van der Waals surface area contributed by atoms with Crippen molar-refractivity contribution in [3.8, 4) is 0 Å². The van der Waals surface area contributed by atoms with E-state index in [0.29, 0.717) is 32.0 Å². The minimum absolute atomic E-state index is 0.0973. The van der Waals surface area contributed by atoms with Crippen molar-refractivity contribution in [3.63, 3.8) is 0 Å². The summed E-state index contributed by atoms with van der Waals surface area (Å²) >= 11 is 5.73. The number of halogens is 4. The standard InChI is InChI=1S/C14H13ClF3N5O2/c15-11-6-12(13(23(24)25)5-10(11)14(16,17)18)21-3-1-9(2-4-21)22-8-19-7-20-22/h5-9H,1-4H2. The lowest BCUT2D eigenvalue weighted by Gasteiger charge is -2.33. The van der Waals surface area contributed by atoms with Gasteiger partial charge in [0.1, 0.15) is 18.3 Å². The predicted octanol–water partition coefficient (Wildman–Crippen LogP) is 3.70. The van der Waals surface area contributed by atoms with Gasteiger partial charge in [0, 0.05) is 19.2 Å². The van der Waals surface area contributed by atoms with E-state index in [0.717, 1.165) is 6.07 Å². The summed E-state index contributed by atoms with van der Waals surface area (Å²) in [5.74, 6) is 0. The third-order valence-electron chi connectivity index (χ3n) is 4.18. The van der Waals surface area contributed by atoms with E-state index in [9.17, 15) is 23.3 Å². The third-order valence-corrected chi connectivity index (χ3v) is 4.49. The second-order valence-electron chi connectivity index (χ2n) is 5.67. The molecule has 1 aromatic carbocycles. The molecule has 0 bridgehead atoms. The highest BCUT2D eigenvalue weighted by molar-refractivity contribution is 6.31. The lowest BCUT2D eigenvalue weighted by Crippen LogP contribution is -2.35. The van der Waals surface area contributed by atoms with Gasteiger partial charge in [0.05, 0.1) is 21.6 Å². The number of rotatable bonds is 3. The van der Waals surface area contributed by atoms with E-state index in [2.05, 4.69) is 10.1 Å². The molecule has 0 saturated carbocycles. The molecule has 0 N–H and O–H groups in total. The fourth-order valence-corrected chi connectivity index (χ4v) is 3.21. The largest absolute Gasteiger partial charge is 0.418 e. The molecule has 7 nitrogen and oxygen atoms in total. The van der Waals surface area contributed by atoms with Crippen LogP contribution < -0.4 is 4.90 Å². The maximum absolute atomic E-state index is 12.9. The molecule has 0 spiro atoms. The summed E-state index contributed by atoms with van der Waals surface area (Å²) in [6, 6.07) is 1.63. The maximum atomic E-state index is 12.9. The van der Waals surface area contributed by atoms with Crippen LogP contribution in [-0.4, -0.2) is 32.8 Å². The lowest BCUT2D eigenvalue weighted by atomic mass is 10.0. The zero-order valence-electron chi connectivity index (χ0n) is 12.8. The molecular weight excluding hydrogens is 363 g/mol. The normalized spacial score (nSPS) is 16.2. The zero-order valence-corrected chi connectivity index (χ0v) is 13.5. The molecule has 1 aromatic heterocycles. The molecule has 134 valence electrons. The van der Waals surface area contributed by atoms with Crippen molar-refractivity contribution in [2.24, 2.45) is 0 Å². The lowest BCUT2D eigenvalue weighted by molar-refractivity contribution is -0.384. The second-order valence-corrected chi connectivity index (χ2v) is 6.08. The quantitative estimate of drug-likeness (QED) is 0.604. The van der Waals surface area contributed by atoms with Crippen molar-refractivity contribution in [1.82, 2.24) is 14.8 Å². The van der Waals surface area contributed by atoms with Crippen LogP contribution in [0.4, 0.5) is 24.5 Å². The van der Waals surface area contributed by atoms with Crippen LogP contribution in [0, 0.1) is 10.1 Å². The van der Waals surface area contributed by atoms with Crippen molar-refractivity contribution in [2.75, 3.05) is 18.0 Å². The van der Waals surface area contributed by atoms with Crippen molar-refractivity contribution >= 4 is 23.0 Å². The molecule has 1 aliphatic rings. The van der Waals surface area contributed by atoms with Crippen LogP contribution >= 0.6 is 11.6 Å². The molecule has 0 unspecified atom stereocenters. The van der Waals surface area contributed by atoms with Crippen molar-refractivity contribution < 1.29 is 18.1 Å². The van der Waals surface area contributed by atoms with Gasteiger partial charge in [-0.05, 0) is 18.9 Å². The molecule has 0 atom stereocenters. The first kappa shape index (κ1) is 17.5. The van der Waals surface area contributed by atoms with Gasteiger partial charge >= 0.3 is 6.18 Å². The highest BCUT2D eigenvalue weighted by Crippen LogP contribution is 2.42. The average molecular weight is 376 g/mol. The van der Waals surface area contributed by atoms with Gasteiger partial charge in [0.15, 0.2) is 0 Å². The van der Waals surface area contributed by atoms with Gasteiger partial charge in [-0.2, -0.15) is 18.3 Å². The summed E-state index contributed by atoms with van der Waals surface area (Å²) < 4.78 is 40.5. The first-order chi connectivity index (χ1) is 11.8. The molecule has 1 saturated heterocycles. The van der Waals surface area contributed by atoms with E-state index < -0.39 is 27.4 Å². The number of aromatic nitrogens is 3. The summed E-state index contributed by atoms with van der Waals surface area (Å²) in [4.78, 5) is 16.0.